The minimum Gasteiger partial charge on any atom is -0.0804 e. The zero-order valence-electron chi connectivity index (χ0n) is 23.4. The molecule has 2 aromatic rings. The van der Waals surface area contributed by atoms with E-state index in [-0.39, 0.29) is 0 Å². The molecule has 2 aliphatic carbocycles. The van der Waals surface area contributed by atoms with E-state index in [2.05, 4.69) is 68.5 Å². The molecular formula is C36H52. The standard InChI is InChI=1S/C36H52/c1-3-5-6-7-8-9-10-11-12-30-15-19-32(20-16-30)34-23-27-36(28-24-34)35-25-21-33(22-26-35)31-17-13-29(4-2)14-18-31/h17,21-30,32H,3-16,18-20H2,1-2H3. The molecule has 4 rings (SSSR count). The highest BCUT2D eigenvalue weighted by Gasteiger charge is 2.22. The molecule has 2 aromatic carbocycles. The second-order valence-electron chi connectivity index (χ2n) is 12.0. The lowest BCUT2D eigenvalue weighted by Gasteiger charge is -2.29. The van der Waals surface area contributed by atoms with Gasteiger partial charge in [0.15, 0.2) is 0 Å². The van der Waals surface area contributed by atoms with Gasteiger partial charge in [0.05, 0.1) is 0 Å². The van der Waals surface area contributed by atoms with Gasteiger partial charge in [0.25, 0.3) is 0 Å². The van der Waals surface area contributed by atoms with Crippen LogP contribution in [0.1, 0.15) is 140 Å². The fraction of sp³-hybridized carbons (Fsp3) is 0.611. The minimum atomic E-state index is 0.779. The van der Waals surface area contributed by atoms with E-state index in [9.17, 15) is 0 Å². The molecule has 0 aliphatic heterocycles. The van der Waals surface area contributed by atoms with Gasteiger partial charge in [0, 0.05) is 0 Å². The SMILES string of the molecule is CCCCCCCCCCC1CCC(c2ccc(-c3ccc(C4=CCC(CC)CC4)cc3)cc2)CC1. The van der Waals surface area contributed by atoms with Crippen LogP contribution in [0, 0.1) is 11.8 Å². The quantitative estimate of drug-likeness (QED) is 0.248. The van der Waals surface area contributed by atoms with E-state index in [4.69, 9.17) is 0 Å². The summed E-state index contributed by atoms with van der Waals surface area (Å²) in [6, 6.07) is 18.9. The van der Waals surface area contributed by atoms with Crippen molar-refractivity contribution >= 4 is 5.57 Å². The van der Waals surface area contributed by atoms with Crippen LogP contribution in [-0.2, 0) is 0 Å². The lowest BCUT2D eigenvalue weighted by atomic mass is 9.77. The van der Waals surface area contributed by atoms with Crippen molar-refractivity contribution in [3.63, 3.8) is 0 Å². The Balaban J connectivity index is 1.19. The number of benzene rings is 2. The average molecular weight is 485 g/mol. The van der Waals surface area contributed by atoms with E-state index in [0.717, 1.165) is 17.8 Å². The fourth-order valence-corrected chi connectivity index (χ4v) is 6.70. The third kappa shape index (κ3) is 8.09. The Kier molecular flexibility index (Phi) is 11.2. The average Bonchev–Trinajstić information content (AvgIpc) is 2.95. The maximum Gasteiger partial charge on any atom is -0.0162 e. The van der Waals surface area contributed by atoms with Gasteiger partial charge in [-0.15, -0.1) is 0 Å². The van der Waals surface area contributed by atoms with Gasteiger partial charge >= 0.3 is 0 Å². The molecule has 1 unspecified atom stereocenters. The largest absolute Gasteiger partial charge is 0.0804 e. The van der Waals surface area contributed by atoms with Gasteiger partial charge in [0.2, 0.25) is 0 Å². The van der Waals surface area contributed by atoms with Crippen LogP contribution in [0.15, 0.2) is 54.6 Å². The second-order valence-corrected chi connectivity index (χ2v) is 12.0. The third-order valence-electron chi connectivity index (χ3n) is 9.38. The van der Waals surface area contributed by atoms with Crippen LogP contribution in [0.2, 0.25) is 0 Å². The van der Waals surface area contributed by atoms with E-state index in [0.29, 0.717) is 0 Å². The molecule has 1 fully saturated rings. The summed E-state index contributed by atoms with van der Waals surface area (Å²) in [6.45, 7) is 4.63. The molecule has 0 amide bonds. The van der Waals surface area contributed by atoms with Gasteiger partial charge in [-0.25, -0.2) is 0 Å². The molecule has 0 N–H and O–H groups in total. The fourth-order valence-electron chi connectivity index (χ4n) is 6.70. The van der Waals surface area contributed by atoms with Gasteiger partial charge < -0.3 is 0 Å². The van der Waals surface area contributed by atoms with E-state index >= 15 is 0 Å². The molecule has 0 spiro atoms. The van der Waals surface area contributed by atoms with Crippen LogP contribution in [-0.4, -0.2) is 0 Å². The summed E-state index contributed by atoms with van der Waals surface area (Å²) >= 11 is 0. The lowest BCUT2D eigenvalue weighted by Crippen LogP contribution is -2.13. The van der Waals surface area contributed by atoms with Crippen LogP contribution in [0.4, 0.5) is 0 Å². The molecular weight excluding hydrogens is 432 g/mol. The van der Waals surface area contributed by atoms with Crippen molar-refractivity contribution < 1.29 is 0 Å². The van der Waals surface area contributed by atoms with Crippen molar-refractivity contribution in [3.05, 3.63) is 65.7 Å². The van der Waals surface area contributed by atoms with Gasteiger partial charge in [-0.3, -0.25) is 0 Å². The van der Waals surface area contributed by atoms with Gasteiger partial charge in [-0.1, -0.05) is 133 Å². The summed E-state index contributed by atoms with van der Waals surface area (Å²) in [5.74, 6) is 2.67. The minimum absolute atomic E-state index is 0.779. The van der Waals surface area contributed by atoms with Crippen LogP contribution in [0.3, 0.4) is 0 Å². The summed E-state index contributed by atoms with van der Waals surface area (Å²) in [5.41, 5.74) is 7.26. The summed E-state index contributed by atoms with van der Waals surface area (Å²) in [6.07, 6.45) is 26.4. The Bertz CT molecular complexity index is 892. The predicted octanol–water partition coefficient (Wildman–Crippen LogP) is 11.8. The zero-order chi connectivity index (χ0) is 25.0. The first-order valence-corrected chi connectivity index (χ1v) is 15.7. The normalized spacial score (nSPS) is 22.4. The zero-order valence-corrected chi connectivity index (χ0v) is 23.4. The van der Waals surface area contributed by atoms with Gasteiger partial charge in [-0.05, 0) is 90.5 Å². The first-order valence-electron chi connectivity index (χ1n) is 15.7. The monoisotopic (exact) mass is 484 g/mol. The Labute approximate surface area is 223 Å². The van der Waals surface area contributed by atoms with Gasteiger partial charge in [-0.2, -0.15) is 0 Å². The Morgan fingerprint density at radius 3 is 1.75 bits per heavy atom. The van der Waals surface area contributed by atoms with E-state index < -0.39 is 0 Å². The molecule has 0 aromatic heterocycles. The Morgan fingerprint density at radius 2 is 1.17 bits per heavy atom. The molecule has 1 saturated carbocycles. The number of allylic oxidation sites excluding steroid dienone is 2. The van der Waals surface area contributed by atoms with Crippen LogP contribution in [0.5, 0.6) is 0 Å². The molecule has 0 heterocycles. The molecule has 2 aliphatic rings. The maximum atomic E-state index is 2.49. The van der Waals surface area contributed by atoms with E-state index in [1.54, 1.807) is 11.1 Å². The number of rotatable bonds is 13. The Morgan fingerprint density at radius 1 is 0.583 bits per heavy atom. The smallest absolute Gasteiger partial charge is 0.0162 e. The molecule has 0 nitrogen and oxygen atoms in total. The van der Waals surface area contributed by atoms with Crippen molar-refractivity contribution in [3.8, 4) is 11.1 Å². The molecule has 0 radical (unpaired) electrons. The number of hydrogen-bond donors (Lipinski definition) is 0. The number of unbranched alkanes of at least 4 members (excludes halogenated alkanes) is 7. The lowest BCUT2D eigenvalue weighted by molar-refractivity contribution is 0.302. The third-order valence-corrected chi connectivity index (χ3v) is 9.38. The van der Waals surface area contributed by atoms with Crippen LogP contribution in [0.25, 0.3) is 16.7 Å². The van der Waals surface area contributed by atoms with E-state index in [1.165, 1.54) is 126 Å². The molecule has 0 saturated heterocycles. The van der Waals surface area contributed by atoms with Crippen LogP contribution >= 0.6 is 0 Å². The molecule has 1 atom stereocenters. The summed E-state index contributed by atoms with van der Waals surface area (Å²) in [7, 11) is 0. The topological polar surface area (TPSA) is 0 Å². The molecule has 36 heavy (non-hydrogen) atoms. The molecule has 196 valence electrons. The van der Waals surface area contributed by atoms with Crippen molar-refractivity contribution in [2.24, 2.45) is 11.8 Å². The summed E-state index contributed by atoms with van der Waals surface area (Å²) in [5, 5.41) is 0. The maximum absolute atomic E-state index is 2.49. The molecule has 0 bridgehead atoms. The number of hydrogen-bond acceptors (Lipinski definition) is 0. The van der Waals surface area contributed by atoms with E-state index in [1.807, 2.05) is 0 Å². The molecule has 0 heteroatoms. The highest BCUT2D eigenvalue weighted by Crippen LogP contribution is 2.38. The van der Waals surface area contributed by atoms with Crippen LogP contribution < -0.4 is 0 Å². The first kappa shape index (κ1) is 27.2. The summed E-state index contributed by atoms with van der Waals surface area (Å²) in [4.78, 5) is 0. The van der Waals surface area contributed by atoms with Crippen molar-refractivity contribution in [2.75, 3.05) is 0 Å². The van der Waals surface area contributed by atoms with Crippen molar-refractivity contribution in [1.29, 1.82) is 0 Å². The second kappa shape index (κ2) is 14.8. The predicted molar refractivity (Wildman–Crippen MR) is 159 cm³/mol. The van der Waals surface area contributed by atoms with Crippen molar-refractivity contribution in [2.45, 2.75) is 129 Å². The highest BCUT2D eigenvalue weighted by atomic mass is 14.3. The summed E-state index contributed by atoms with van der Waals surface area (Å²) < 4.78 is 0. The van der Waals surface area contributed by atoms with Gasteiger partial charge in [0.1, 0.15) is 0 Å². The Hall–Kier alpha value is -1.82. The highest BCUT2D eigenvalue weighted by molar-refractivity contribution is 5.71. The van der Waals surface area contributed by atoms with Crippen molar-refractivity contribution in [1.82, 2.24) is 0 Å². The first-order chi connectivity index (χ1) is 17.8.